The third-order valence-electron chi connectivity index (χ3n) is 3.68. The Morgan fingerprint density at radius 1 is 1.00 bits per heavy atom. The fourth-order valence-corrected chi connectivity index (χ4v) is 3.17. The Hall–Kier alpha value is -2.38. The summed E-state index contributed by atoms with van der Waals surface area (Å²) in [5.74, 6) is 0.496. The van der Waals surface area contributed by atoms with E-state index in [1.165, 1.54) is 13.2 Å². The molecule has 0 N–H and O–H groups in total. The molecule has 0 radical (unpaired) electrons. The molecule has 138 valence electrons. The molecule has 2 aromatic carbocycles. The SMILES string of the molecule is COc1c(Oc2ccccc2)ccc2c1C(OP(=O)(OC)OC)OC2=O. The molecule has 1 atom stereocenters. The van der Waals surface area contributed by atoms with Gasteiger partial charge in [-0.05, 0) is 24.3 Å². The van der Waals surface area contributed by atoms with Crippen molar-refractivity contribution >= 4 is 13.8 Å². The first-order valence-corrected chi connectivity index (χ1v) is 9.02. The van der Waals surface area contributed by atoms with E-state index in [-0.39, 0.29) is 16.9 Å². The standard InChI is InChI=1S/C17H17O8P/c1-20-15-13(23-11-7-5-4-6-8-11)10-9-12-14(15)17(24-16(12)18)25-26(19,21-2)22-3/h4-10,17H,1-3H3. The molecule has 0 aromatic heterocycles. The van der Waals surface area contributed by atoms with Crippen molar-refractivity contribution in [3.05, 3.63) is 53.6 Å². The molecule has 1 unspecified atom stereocenters. The van der Waals surface area contributed by atoms with E-state index in [0.29, 0.717) is 11.5 Å². The van der Waals surface area contributed by atoms with E-state index in [0.717, 1.165) is 14.2 Å². The van der Waals surface area contributed by atoms with Crippen molar-refractivity contribution < 1.29 is 37.1 Å². The molecular weight excluding hydrogens is 363 g/mol. The second-order valence-corrected chi connectivity index (χ2v) is 6.96. The van der Waals surface area contributed by atoms with Crippen molar-refractivity contribution in [2.24, 2.45) is 0 Å². The summed E-state index contributed by atoms with van der Waals surface area (Å²) in [6.45, 7) is 0. The van der Waals surface area contributed by atoms with Gasteiger partial charge in [-0.3, -0.25) is 9.05 Å². The van der Waals surface area contributed by atoms with Gasteiger partial charge in [0.05, 0.1) is 18.2 Å². The Bertz CT molecular complexity index is 843. The highest BCUT2D eigenvalue weighted by molar-refractivity contribution is 7.48. The van der Waals surface area contributed by atoms with Gasteiger partial charge >= 0.3 is 13.8 Å². The van der Waals surface area contributed by atoms with Crippen molar-refractivity contribution in [3.63, 3.8) is 0 Å². The number of carbonyl (C=O) groups is 1. The lowest BCUT2D eigenvalue weighted by atomic mass is 10.1. The lowest BCUT2D eigenvalue weighted by molar-refractivity contribution is -0.0563. The Morgan fingerprint density at radius 2 is 1.69 bits per heavy atom. The summed E-state index contributed by atoms with van der Waals surface area (Å²) in [5, 5.41) is 0. The lowest BCUT2D eigenvalue weighted by Crippen LogP contribution is -2.06. The van der Waals surface area contributed by atoms with Gasteiger partial charge in [0.2, 0.25) is 6.29 Å². The normalized spacial score (nSPS) is 16.1. The zero-order valence-corrected chi connectivity index (χ0v) is 15.2. The Kier molecular flexibility index (Phi) is 5.29. The number of methoxy groups -OCH3 is 1. The van der Waals surface area contributed by atoms with Gasteiger partial charge in [0.1, 0.15) is 5.75 Å². The maximum absolute atomic E-state index is 12.3. The van der Waals surface area contributed by atoms with Crippen LogP contribution in [-0.2, 0) is 22.9 Å². The zero-order valence-electron chi connectivity index (χ0n) is 14.3. The van der Waals surface area contributed by atoms with E-state index in [2.05, 4.69) is 0 Å². The van der Waals surface area contributed by atoms with Crippen LogP contribution in [0, 0.1) is 0 Å². The van der Waals surface area contributed by atoms with Gasteiger partial charge in [-0.25, -0.2) is 13.9 Å². The number of esters is 1. The molecule has 0 spiro atoms. The summed E-state index contributed by atoms with van der Waals surface area (Å²) in [6.07, 6.45) is -1.32. The first kappa shape index (κ1) is 18.4. The van der Waals surface area contributed by atoms with E-state index in [1.807, 2.05) is 18.2 Å². The maximum atomic E-state index is 12.3. The van der Waals surface area contributed by atoms with Crippen LogP contribution in [0.2, 0.25) is 0 Å². The molecule has 1 heterocycles. The van der Waals surface area contributed by atoms with Gasteiger partial charge in [-0.2, -0.15) is 0 Å². The van der Waals surface area contributed by atoms with Crippen LogP contribution < -0.4 is 9.47 Å². The van der Waals surface area contributed by atoms with Crippen molar-refractivity contribution in [2.45, 2.75) is 6.29 Å². The number of ether oxygens (including phenoxy) is 3. The van der Waals surface area contributed by atoms with E-state index in [9.17, 15) is 9.36 Å². The van der Waals surface area contributed by atoms with Crippen LogP contribution in [0.1, 0.15) is 22.2 Å². The van der Waals surface area contributed by atoms with Crippen LogP contribution in [0.25, 0.3) is 0 Å². The molecule has 3 rings (SSSR count). The molecule has 2 aromatic rings. The average Bonchev–Trinajstić information content (AvgIpc) is 2.97. The average molecular weight is 380 g/mol. The third kappa shape index (κ3) is 3.45. The Labute approximate surface area is 150 Å². The van der Waals surface area contributed by atoms with Gasteiger partial charge < -0.3 is 14.2 Å². The summed E-state index contributed by atoms with van der Waals surface area (Å²) in [7, 11) is -0.160. The maximum Gasteiger partial charge on any atom is 0.477 e. The van der Waals surface area contributed by atoms with Crippen LogP contribution in [0.3, 0.4) is 0 Å². The summed E-state index contributed by atoms with van der Waals surface area (Å²) >= 11 is 0. The Balaban J connectivity index is 2.01. The number of cyclic esters (lactones) is 1. The van der Waals surface area contributed by atoms with Crippen LogP contribution in [-0.4, -0.2) is 27.3 Å². The third-order valence-corrected chi connectivity index (χ3v) is 5.02. The Morgan fingerprint density at radius 3 is 2.31 bits per heavy atom. The van der Waals surface area contributed by atoms with E-state index < -0.39 is 20.1 Å². The molecule has 0 fully saturated rings. The molecule has 26 heavy (non-hydrogen) atoms. The van der Waals surface area contributed by atoms with Crippen LogP contribution >= 0.6 is 7.82 Å². The number of benzene rings is 2. The van der Waals surface area contributed by atoms with E-state index in [1.54, 1.807) is 18.2 Å². The van der Waals surface area contributed by atoms with Crippen molar-refractivity contribution in [3.8, 4) is 17.2 Å². The minimum Gasteiger partial charge on any atom is -0.492 e. The fourth-order valence-electron chi connectivity index (χ4n) is 2.47. The zero-order chi connectivity index (χ0) is 18.7. The summed E-state index contributed by atoms with van der Waals surface area (Å²) in [6, 6.07) is 12.1. The highest BCUT2D eigenvalue weighted by atomic mass is 31.2. The van der Waals surface area contributed by atoms with Crippen molar-refractivity contribution in [1.82, 2.24) is 0 Å². The largest absolute Gasteiger partial charge is 0.492 e. The fraction of sp³-hybridized carbons (Fsp3) is 0.235. The van der Waals surface area contributed by atoms with Gasteiger partial charge in [0.25, 0.3) is 0 Å². The molecule has 0 amide bonds. The van der Waals surface area contributed by atoms with Gasteiger partial charge in [0.15, 0.2) is 11.5 Å². The first-order valence-electron chi connectivity index (χ1n) is 7.56. The second kappa shape index (κ2) is 7.47. The molecule has 0 saturated carbocycles. The number of phosphoric ester groups is 1. The molecule has 9 heteroatoms. The summed E-state index contributed by atoms with van der Waals surface area (Å²) < 4.78 is 43.4. The van der Waals surface area contributed by atoms with E-state index in [4.69, 9.17) is 27.8 Å². The molecular formula is C17H17O8P. The lowest BCUT2D eigenvalue weighted by Gasteiger charge is -2.20. The van der Waals surface area contributed by atoms with Crippen LogP contribution in [0.15, 0.2) is 42.5 Å². The molecule has 1 aliphatic heterocycles. The monoisotopic (exact) mass is 380 g/mol. The molecule has 0 aliphatic carbocycles. The highest BCUT2D eigenvalue weighted by Crippen LogP contribution is 2.55. The van der Waals surface area contributed by atoms with Gasteiger partial charge in [0, 0.05) is 14.2 Å². The number of hydrogen-bond acceptors (Lipinski definition) is 8. The predicted octanol–water partition coefficient (Wildman–Crippen LogP) is 4.07. The summed E-state index contributed by atoms with van der Waals surface area (Å²) in [5.41, 5.74) is 0.464. The number of carbonyl (C=O) groups excluding carboxylic acids is 1. The second-order valence-electron chi connectivity index (χ2n) is 5.13. The number of fused-ring (bicyclic) bond motifs is 1. The quantitative estimate of drug-likeness (QED) is 0.524. The minimum atomic E-state index is -3.90. The summed E-state index contributed by atoms with van der Waals surface area (Å²) in [4.78, 5) is 12.1. The van der Waals surface area contributed by atoms with Gasteiger partial charge in [-0.15, -0.1) is 0 Å². The number of hydrogen-bond donors (Lipinski definition) is 0. The topological polar surface area (TPSA) is 89.5 Å². The number of phosphoric acid groups is 1. The predicted molar refractivity (Wildman–Crippen MR) is 90.4 cm³/mol. The van der Waals surface area contributed by atoms with E-state index >= 15 is 0 Å². The first-order chi connectivity index (χ1) is 12.5. The van der Waals surface area contributed by atoms with Crippen molar-refractivity contribution in [1.29, 1.82) is 0 Å². The molecule has 0 saturated heterocycles. The number of rotatable bonds is 7. The van der Waals surface area contributed by atoms with Crippen molar-refractivity contribution in [2.75, 3.05) is 21.3 Å². The number of para-hydroxylation sites is 1. The van der Waals surface area contributed by atoms with Gasteiger partial charge in [-0.1, -0.05) is 18.2 Å². The van der Waals surface area contributed by atoms with Crippen LogP contribution in [0.4, 0.5) is 0 Å². The highest BCUT2D eigenvalue weighted by Gasteiger charge is 2.42. The van der Waals surface area contributed by atoms with Crippen LogP contribution in [0.5, 0.6) is 17.2 Å². The molecule has 8 nitrogen and oxygen atoms in total. The molecule has 0 bridgehead atoms. The molecule has 1 aliphatic rings. The minimum absolute atomic E-state index is 0.214. The smallest absolute Gasteiger partial charge is 0.477 e.